The molecule has 0 unspecified atom stereocenters. The van der Waals surface area contributed by atoms with Crippen LogP contribution in [0.2, 0.25) is 0 Å². The number of fused-ring (bicyclic) bond motifs is 1. The molecule has 0 amide bonds. The second-order valence-electron chi connectivity index (χ2n) is 5.31. The van der Waals surface area contributed by atoms with Gasteiger partial charge in [0.1, 0.15) is 11.6 Å². The maximum Gasteiger partial charge on any atom is 0.244 e. The van der Waals surface area contributed by atoms with Crippen molar-refractivity contribution in [3.63, 3.8) is 0 Å². The van der Waals surface area contributed by atoms with E-state index in [-0.39, 0.29) is 11.8 Å². The summed E-state index contributed by atoms with van der Waals surface area (Å²) in [5.41, 5.74) is 9.98. The summed E-state index contributed by atoms with van der Waals surface area (Å²) in [5.74, 6) is 0.234. The molecule has 5 nitrogen and oxygen atoms in total. The second kappa shape index (κ2) is 5.82. The van der Waals surface area contributed by atoms with Gasteiger partial charge in [0, 0.05) is 10.0 Å². The van der Waals surface area contributed by atoms with Crippen LogP contribution in [0.15, 0.2) is 57.0 Å². The van der Waals surface area contributed by atoms with Crippen molar-refractivity contribution >= 4 is 27.3 Å². The number of nitrogens with zero attached hydrogens (tertiary/aromatic N) is 2. The highest BCUT2D eigenvalue weighted by atomic mass is 79.9. The van der Waals surface area contributed by atoms with Gasteiger partial charge in [-0.25, -0.2) is 0 Å². The zero-order chi connectivity index (χ0) is 16.7. The lowest BCUT2D eigenvalue weighted by Crippen LogP contribution is -2.20. The molecule has 3 N–H and O–H groups in total. The summed E-state index contributed by atoms with van der Waals surface area (Å²) in [7, 11) is 0. The molecule has 0 bridgehead atoms. The Morgan fingerprint density at radius 2 is 2.08 bits per heavy atom. The van der Waals surface area contributed by atoms with E-state index in [9.17, 15) is 5.26 Å². The van der Waals surface area contributed by atoms with Crippen LogP contribution in [0.3, 0.4) is 0 Å². The van der Waals surface area contributed by atoms with Crippen molar-refractivity contribution < 1.29 is 4.74 Å². The number of nitrogens with one attached hydrogen (secondary N) is 1. The molecule has 0 aliphatic carbocycles. The Hall–Kier alpha value is -2.56. The Labute approximate surface area is 150 Å². The van der Waals surface area contributed by atoms with Crippen molar-refractivity contribution in [2.45, 2.75) is 5.92 Å². The third-order valence-corrected chi connectivity index (χ3v) is 5.18. The number of halogens is 1. The predicted molar refractivity (Wildman–Crippen MR) is 95.3 cm³/mol. The van der Waals surface area contributed by atoms with Crippen LogP contribution in [0.1, 0.15) is 17.0 Å². The zero-order valence-electron chi connectivity index (χ0n) is 12.3. The third-order valence-electron chi connectivity index (χ3n) is 3.95. The monoisotopic (exact) mass is 398 g/mol. The minimum atomic E-state index is -0.289. The van der Waals surface area contributed by atoms with Crippen LogP contribution in [0.25, 0.3) is 11.3 Å². The normalized spacial score (nSPS) is 16.4. The summed E-state index contributed by atoms with van der Waals surface area (Å²) < 4.78 is 6.57. The first-order valence-corrected chi connectivity index (χ1v) is 8.86. The van der Waals surface area contributed by atoms with E-state index in [4.69, 9.17) is 10.5 Å². The Morgan fingerprint density at radius 3 is 2.75 bits per heavy atom. The van der Waals surface area contributed by atoms with Crippen LogP contribution in [-0.2, 0) is 0 Å². The summed E-state index contributed by atoms with van der Waals surface area (Å²) >= 11 is 5.02. The van der Waals surface area contributed by atoms with E-state index in [1.807, 2.05) is 41.1 Å². The van der Waals surface area contributed by atoms with Crippen LogP contribution in [0.5, 0.6) is 5.88 Å². The largest absolute Gasteiger partial charge is 0.420 e. The minimum Gasteiger partial charge on any atom is -0.420 e. The van der Waals surface area contributed by atoms with Crippen LogP contribution in [-0.4, -0.2) is 10.2 Å². The van der Waals surface area contributed by atoms with Gasteiger partial charge in [-0.15, -0.1) is 5.10 Å². The van der Waals surface area contributed by atoms with Crippen LogP contribution in [0, 0.1) is 11.3 Å². The fraction of sp³-hybridized carbons (Fsp3) is 0.0588. The zero-order valence-corrected chi connectivity index (χ0v) is 14.7. The third kappa shape index (κ3) is 2.31. The van der Waals surface area contributed by atoms with E-state index in [1.54, 1.807) is 11.3 Å². The molecule has 1 aliphatic heterocycles. The molecule has 0 fully saturated rings. The quantitative estimate of drug-likeness (QED) is 0.679. The van der Waals surface area contributed by atoms with Crippen LogP contribution in [0.4, 0.5) is 0 Å². The second-order valence-corrected chi connectivity index (χ2v) is 7.00. The highest BCUT2D eigenvalue weighted by Crippen LogP contribution is 2.46. The smallest absolute Gasteiger partial charge is 0.244 e. The summed E-state index contributed by atoms with van der Waals surface area (Å²) in [6.07, 6.45) is 0. The maximum absolute atomic E-state index is 9.59. The fourth-order valence-corrected chi connectivity index (χ4v) is 3.80. The van der Waals surface area contributed by atoms with E-state index < -0.39 is 0 Å². The molecular formula is C17H11BrN4OS. The van der Waals surface area contributed by atoms with E-state index in [0.717, 1.165) is 26.9 Å². The number of nitriles is 1. The molecule has 3 heterocycles. The first-order chi connectivity index (χ1) is 11.7. The molecule has 0 saturated carbocycles. The van der Waals surface area contributed by atoms with Gasteiger partial charge < -0.3 is 10.5 Å². The lowest BCUT2D eigenvalue weighted by Gasteiger charge is -2.23. The predicted octanol–water partition coefficient (Wildman–Crippen LogP) is 4.12. The maximum atomic E-state index is 9.59. The van der Waals surface area contributed by atoms with Gasteiger partial charge in [0.25, 0.3) is 0 Å². The van der Waals surface area contributed by atoms with E-state index in [2.05, 4.69) is 32.2 Å². The lowest BCUT2D eigenvalue weighted by molar-refractivity contribution is 0.379. The van der Waals surface area contributed by atoms with Gasteiger partial charge in [0.2, 0.25) is 11.8 Å². The first kappa shape index (κ1) is 15.0. The van der Waals surface area contributed by atoms with Crippen molar-refractivity contribution in [3.05, 3.63) is 68.1 Å². The van der Waals surface area contributed by atoms with E-state index in [1.165, 1.54) is 0 Å². The minimum absolute atomic E-state index is 0.107. The topological polar surface area (TPSA) is 87.7 Å². The van der Waals surface area contributed by atoms with Crippen molar-refractivity contribution in [2.24, 2.45) is 5.73 Å². The molecular weight excluding hydrogens is 388 g/mol. The Balaban J connectivity index is 1.94. The van der Waals surface area contributed by atoms with Crippen molar-refractivity contribution in [1.82, 2.24) is 10.2 Å². The number of rotatable bonds is 2. The average molecular weight is 399 g/mol. The van der Waals surface area contributed by atoms with Crippen molar-refractivity contribution in [2.75, 3.05) is 0 Å². The number of H-pyrrole nitrogens is 1. The number of hydrogen-bond acceptors (Lipinski definition) is 5. The summed E-state index contributed by atoms with van der Waals surface area (Å²) in [4.78, 5) is 0. The Morgan fingerprint density at radius 1 is 1.29 bits per heavy atom. The molecule has 1 aliphatic rings. The van der Waals surface area contributed by atoms with Gasteiger partial charge in [-0.05, 0) is 34.5 Å². The first-order valence-electron chi connectivity index (χ1n) is 7.13. The van der Waals surface area contributed by atoms with Crippen LogP contribution >= 0.6 is 27.3 Å². The molecule has 4 rings (SSSR count). The molecule has 1 aromatic carbocycles. The molecule has 3 aromatic rings. The number of benzene rings is 1. The molecule has 118 valence electrons. The summed E-state index contributed by atoms with van der Waals surface area (Å²) in [6, 6.07) is 12.1. The molecule has 1 atom stereocenters. The van der Waals surface area contributed by atoms with E-state index >= 15 is 0 Å². The molecule has 0 saturated heterocycles. The van der Waals surface area contributed by atoms with Gasteiger partial charge in [0.15, 0.2) is 0 Å². The van der Waals surface area contributed by atoms with Crippen LogP contribution < -0.4 is 10.5 Å². The Bertz CT molecular complexity index is 967. The van der Waals surface area contributed by atoms with Gasteiger partial charge >= 0.3 is 0 Å². The molecule has 0 radical (unpaired) electrons. The number of aromatic amines is 1. The summed E-state index contributed by atoms with van der Waals surface area (Å²) in [6.45, 7) is 0. The van der Waals surface area contributed by atoms with Crippen molar-refractivity contribution in [1.29, 1.82) is 5.26 Å². The highest BCUT2D eigenvalue weighted by Gasteiger charge is 2.35. The molecule has 7 heteroatoms. The van der Waals surface area contributed by atoms with E-state index in [0.29, 0.717) is 11.5 Å². The number of thiophene rings is 1. The molecule has 2 aromatic heterocycles. The van der Waals surface area contributed by atoms with Gasteiger partial charge in [-0.3, -0.25) is 5.10 Å². The number of ether oxygens (including phenoxy) is 1. The summed E-state index contributed by atoms with van der Waals surface area (Å²) in [5, 5.41) is 20.9. The number of nitrogens with two attached hydrogens (primary N) is 1. The van der Waals surface area contributed by atoms with Crippen molar-refractivity contribution in [3.8, 4) is 23.2 Å². The fourth-order valence-electron chi connectivity index (χ4n) is 2.85. The lowest BCUT2D eigenvalue weighted by atomic mass is 9.84. The highest BCUT2D eigenvalue weighted by molar-refractivity contribution is 9.10. The van der Waals surface area contributed by atoms with Gasteiger partial charge in [-0.2, -0.15) is 16.6 Å². The Kier molecular flexibility index (Phi) is 3.63. The number of hydrogen-bond donors (Lipinski definition) is 2. The molecule has 0 spiro atoms. The number of allylic oxidation sites excluding steroid dienone is 1. The van der Waals surface area contributed by atoms with Gasteiger partial charge in [-0.1, -0.05) is 28.1 Å². The molecule has 24 heavy (non-hydrogen) atoms. The number of aromatic nitrogens is 2. The average Bonchev–Trinajstić information content (AvgIpc) is 3.24. The SMILES string of the molecule is N#CC1=C(N)Oc2n[nH]c(-c3ccc(Br)cc3)c2[C@@H]1c1ccsc1. The van der Waals surface area contributed by atoms with Gasteiger partial charge in [0.05, 0.1) is 17.2 Å². The standard InChI is InChI=1S/C17H11BrN4OS/c18-11-3-1-9(2-4-11)15-14-13(10-5-6-24-8-10)12(7-19)16(20)23-17(14)22-21-15/h1-6,8,13H,20H2,(H,21,22)/t13-/m1/s1.